The van der Waals surface area contributed by atoms with E-state index < -0.39 is 0 Å². The average molecular weight is 167 g/mol. The Balaban J connectivity index is 0.000000292. The van der Waals surface area contributed by atoms with Gasteiger partial charge in [0.1, 0.15) is 12.4 Å². The third-order valence-electron chi connectivity index (χ3n) is 1.00. The van der Waals surface area contributed by atoms with Gasteiger partial charge in [0.2, 0.25) is 6.33 Å². The van der Waals surface area contributed by atoms with E-state index in [0.29, 0.717) is 0 Å². The highest BCUT2D eigenvalue weighted by Gasteiger charge is 1.90. The van der Waals surface area contributed by atoms with E-state index in [2.05, 4.69) is 19.2 Å². The Labute approximate surface area is 71.6 Å². The number of rotatable bonds is 1. The lowest BCUT2D eigenvalue weighted by atomic mass is 10.8. The monoisotopic (exact) mass is 167 g/mol. The maximum absolute atomic E-state index is 7.13. The van der Waals surface area contributed by atoms with E-state index in [1.807, 2.05) is 34.9 Å². The maximum atomic E-state index is 7.13. The summed E-state index contributed by atoms with van der Waals surface area (Å²) in [7, 11) is 1.97. The van der Waals surface area contributed by atoms with E-state index in [9.17, 15) is 0 Å². The molecule has 1 aromatic rings. The van der Waals surface area contributed by atoms with Crippen LogP contribution in [0.3, 0.4) is 0 Å². The van der Waals surface area contributed by atoms with Crippen LogP contribution < -0.4 is 4.57 Å². The third kappa shape index (κ3) is 4.12. The SMILES string of the molecule is C=C[n+]1ccn(C)c1.N#C[S-]. The zero-order chi connectivity index (χ0) is 8.69. The summed E-state index contributed by atoms with van der Waals surface area (Å²) in [6, 6.07) is 0. The highest BCUT2D eigenvalue weighted by Crippen LogP contribution is 1.74. The molecule has 0 atom stereocenters. The molecule has 0 aliphatic rings. The molecule has 1 heterocycles. The van der Waals surface area contributed by atoms with Crippen LogP contribution in [0.1, 0.15) is 0 Å². The largest absolute Gasteiger partial charge is 0.696 e. The van der Waals surface area contributed by atoms with Crippen LogP contribution in [0.15, 0.2) is 25.3 Å². The second kappa shape index (κ2) is 5.45. The minimum Gasteiger partial charge on any atom is -0.696 e. The summed E-state index contributed by atoms with van der Waals surface area (Å²) in [6.45, 7) is 3.59. The molecule has 0 aliphatic carbocycles. The zero-order valence-corrected chi connectivity index (χ0v) is 7.08. The van der Waals surface area contributed by atoms with Gasteiger partial charge in [0.25, 0.3) is 0 Å². The number of aromatic nitrogens is 2. The summed E-state index contributed by atoms with van der Waals surface area (Å²) in [5.41, 5.74) is 0. The first-order valence-electron chi connectivity index (χ1n) is 2.91. The Morgan fingerprint density at radius 1 is 1.82 bits per heavy atom. The molecule has 0 fully saturated rings. The van der Waals surface area contributed by atoms with Crippen LogP contribution in [-0.4, -0.2) is 4.57 Å². The van der Waals surface area contributed by atoms with Gasteiger partial charge < -0.3 is 12.6 Å². The van der Waals surface area contributed by atoms with Gasteiger partial charge in [-0.3, -0.25) is 0 Å². The molecule has 0 aromatic carbocycles. The van der Waals surface area contributed by atoms with Crippen molar-refractivity contribution < 1.29 is 4.57 Å². The Hall–Kier alpha value is -1.34. The van der Waals surface area contributed by atoms with Gasteiger partial charge >= 0.3 is 0 Å². The van der Waals surface area contributed by atoms with Crippen LogP contribution >= 0.6 is 0 Å². The molecule has 11 heavy (non-hydrogen) atoms. The quantitative estimate of drug-likeness (QED) is 0.345. The molecule has 0 spiro atoms. The molecule has 0 bridgehead atoms. The van der Waals surface area contributed by atoms with Crippen LogP contribution in [0, 0.1) is 10.7 Å². The number of thiocyanates is 1. The molecule has 58 valence electrons. The van der Waals surface area contributed by atoms with Gasteiger partial charge in [-0.2, -0.15) is 0 Å². The Morgan fingerprint density at radius 3 is 2.55 bits per heavy atom. The number of hydrogen-bond acceptors (Lipinski definition) is 2. The first-order valence-corrected chi connectivity index (χ1v) is 3.32. The lowest BCUT2D eigenvalue weighted by Crippen LogP contribution is -2.20. The van der Waals surface area contributed by atoms with E-state index in [1.165, 1.54) is 5.40 Å². The van der Waals surface area contributed by atoms with E-state index in [0.717, 1.165) is 0 Å². The molecular formula is C7H9N3S. The van der Waals surface area contributed by atoms with E-state index >= 15 is 0 Å². The minimum absolute atomic E-state index is 1.33. The van der Waals surface area contributed by atoms with Gasteiger partial charge in [-0.1, -0.05) is 12.0 Å². The molecule has 1 aromatic heterocycles. The Kier molecular flexibility index (Phi) is 4.78. The number of aryl methyl sites for hydroxylation is 1. The first kappa shape index (κ1) is 9.66. The van der Waals surface area contributed by atoms with Gasteiger partial charge in [0, 0.05) is 0 Å². The summed E-state index contributed by atoms with van der Waals surface area (Å²) in [6.07, 6.45) is 7.58. The summed E-state index contributed by atoms with van der Waals surface area (Å²) in [5, 5.41) is 8.47. The lowest BCUT2D eigenvalue weighted by molar-refractivity contribution is -0.567. The highest BCUT2D eigenvalue weighted by molar-refractivity contribution is 7.64. The van der Waals surface area contributed by atoms with Crippen molar-refractivity contribution >= 4 is 18.8 Å². The molecule has 4 heteroatoms. The Morgan fingerprint density at radius 2 is 2.36 bits per heavy atom. The fraction of sp³-hybridized carbons (Fsp3) is 0.143. The second-order valence-electron chi connectivity index (χ2n) is 1.80. The summed E-state index contributed by atoms with van der Waals surface area (Å²) >= 11 is 3.70. The van der Waals surface area contributed by atoms with Crippen molar-refractivity contribution in [2.75, 3.05) is 0 Å². The molecule has 1 rings (SSSR count). The van der Waals surface area contributed by atoms with Crippen LogP contribution in [0.25, 0.3) is 6.20 Å². The Bertz CT molecular complexity index is 259. The topological polar surface area (TPSA) is 32.6 Å². The van der Waals surface area contributed by atoms with Gasteiger partial charge in [-0.05, 0) is 0 Å². The molecular weight excluding hydrogens is 158 g/mol. The van der Waals surface area contributed by atoms with Crippen molar-refractivity contribution in [1.82, 2.24) is 4.57 Å². The van der Waals surface area contributed by atoms with Crippen molar-refractivity contribution in [2.24, 2.45) is 7.05 Å². The average Bonchev–Trinajstić information content (AvgIpc) is 2.37. The molecule has 0 saturated carbocycles. The summed E-state index contributed by atoms with van der Waals surface area (Å²) in [4.78, 5) is 0. The number of nitriles is 1. The third-order valence-corrected chi connectivity index (χ3v) is 1.00. The fourth-order valence-electron chi connectivity index (χ4n) is 0.577. The standard InChI is InChI=1S/C6H9N2.CHNS/c1-3-8-5-4-7(2)6-8;2-1-3/h3-6H,1H2,2H3;3H/q+1;/p-1. The normalized spacial score (nSPS) is 7.27. The lowest BCUT2D eigenvalue weighted by Gasteiger charge is -1.74. The maximum Gasteiger partial charge on any atom is 0.248 e. The van der Waals surface area contributed by atoms with Gasteiger partial charge in [-0.15, -0.1) is 0 Å². The second-order valence-corrected chi connectivity index (χ2v) is 1.98. The smallest absolute Gasteiger partial charge is 0.248 e. The van der Waals surface area contributed by atoms with Crippen molar-refractivity contribution in [3.8, 4) is 5.40 Å². The molecule has 0 aliphatic heterocycles. The number of hydrogen-bond donors (Lipinski definition) is 0. The van der Waals surface area contributed by atoms with Crippen LogP contribution in [0.5, 0.6) is 0 Å². The first-order chi connectivity index (χ1) is 5.24. The number of nitrogens with zero attached hydrogens (tertiary/aromatic N) is 3. The van der Waals surface area contributed by atoms with Crippen molar-refractivity contribution in [3.05, 3.63) is 25.3 Å². The molecule has 0 unspecified atom stereocenters. The molecule has 0 N–H and O–H groups in total. The predicted molar refractivity (Wildman–Crippen MR) is 45.0 cm³/mol. The highest BCUT2D eigenvalue weighted by atomic mass is 32.1. The predicted octanol–water partition coefficient (Wildman–Crippen LogP) is 0.427. The molecule has 0 radical (unpaired) electrons. The van der Waals surface area contributed by atoms with Crippen LogP contribution in [0.2, 0.25) is 0 Å². The van der Waals surface area contributed by atoms with Gasteiger partial charge in [0.15, 0.2) is 0 Å². The van der Waals surface area contributed by atoms with Crippen molar-refractivity contribution in [2.45, 2.75) is 0 Å². The molecule has 0 saturated heterocycles. The van der Waals surface area contributed by atoms with Gasteiger partial charge in [0.05, 0.1) is 13.2 Å². The van der Waals surface area contributed by atoms with Crippen LogP contribution in [-0.2, 0) is 19.7 Å². The van der Waals surface area contributed by atoms with E-state index in [1.54, 1.807) is 6.20 Å². The number of imidazole rings is 1. The molecule has 3 nitrogen and oxygen atoms in total. The molecule has 0 amide bonds. The van der Waals surface area contributed by atoms with Crippen molar-refractivity contribution in [3.63, 3.8) is 0 Å². The van der Waals surface area contributed by atoms with Gasteiger partial charge in [-0.25, -0.2) is 14.4 Å². The zero-order valence-electron chi connectivity index (χ0n) is 6.27. The van der Waals surface area contributed by atoms with Crippen molar-refractivity contribution in [1.29, 1.82) is 5.26 Å². The summed E-state index contributed by atoms with van der Waals surface area (Å²) < 4.78 is 3.85. The fourth-order valence-corrected chi connectivity index (χ4v) is 0.577. The summed E-state index contributed by atoms with van der Waals surface area (Å²) in [5.74, 6) is 0. The van der Waals surface area contributed by atoms with Crippen LogP contribution in [0.4, 0.5) is 0 Å². The van der Waals surface area contributed by atoms with E-state index in [4.69, 9.17) is 5.26 Å². The van der Waals surface area contributed by atoms with E-state index in [-0.39, 0.29) is 0 Å². The minimum atomic E-state index is 1.33.